The van der Waals surface area contributed by atoms with Crippen LogP contribution in [0.2, 0.25) is 0 Å². The maximum absolute atomic E-state index is 13.5. The molecule has 0 radical (unpaired) electrons. The van der Waals surface area contributed by atoms with Crippen molar-refractivity contribution >= 4 is 22.5 Å². The predicted octanol–water partition coefficient (Wildman–Crippen LogP) is 2.99. The van der Waals surface area contributed by atoms with Gasteiger partial charge < -0.3 is 10.2 Å². The van der Waals surface area contributed by atoms with Crippen molar-refractivity contribution in [3.63, 3.8) is 0 Å². The molecule has 1 aromatic carbocycles. The third-order valence-electron chi connectivity index (χ3n) is 5.70. The van der Waals surface area contributed by atoms with Gasteiger partial charge in [0.05, 0.1) is 18.6 Å². The van der Waals surface area contributed by atoms with Gasteiger partial charge in [-0.1, -0.05) is 6.07 Å². The van der Waals surface area contributed by atoms with Crippen LogP contribution in [0.1, 0.15) is 25.3 Å². The highest BCUT2D eigenvalue weighted by Crippen LogP contribution is 2.26. The van der Waals surface area contributed by atoms with Crippen molar-refractivity contribution in [2.45, 2.75) is 44.9 Å². The van der Waals surface area contributed by atoms with Gasteiger partial charge in [-0.3, -0.25) is 14.7 Å². The van der Waals surface area contributed by atoms with E-state index in [1.807, 2.05) is 32.2 Å². The molecule has 1 aromatic heterocycles. The first-order chi connectivity index (χ1) is 13.0. The fourth-order valence-corrected chi connectivity index (χ4v) is 4.29. The molecule has 2 aromatic rings. The lowest BCUT2D eigenvalue weighted by Gasteiger charge is -2.24. The van der Waals surface area contributed by atoms with Crippen LogP contribution in [0.25, 0.3) is 10.9 Å². The molecule has 4 rings (SSSR count). The van der Waals surface area contributed by atoms with Gasteiger partial charge >= 0.3 is 0 Å². The normalized spacial score (nSPS) is 26.0. The number of pyridine rings is 1. The smallest absolute Gasteiger partial charge is 0.237 e. The average Bonchev–Trinajstić information content (AvgIpc) is 3.21. The molecule has 6 heteroatoms. The van der Waals surface area contributed by atoms with E-state index < -0.39 is 6.17 Å². The Morgan fingerprint density at radius 1 is 1.37 bits per heavy atom. The zero-order chi connectivity index (χ0) is 19.0. The van der Waals surface area contributed by atoms with E-state index in [1.165, 1.54) is 0 Å². The fourth-order valence-electron chi connectivity index (χ4n) is 4.29. The van der Waals surface area contributed by atoms with Gasteiger partial charge in [-0.05, 0) is 44.0 Å². The van der Waals surface area contributed by atoms with E-state index >= 15 is 0 Å². The number of alkyl halides is 1. The second-order valence-corrected chi connectivity index (χ2v) is 7.98. The number of aryl methyl sites for hydroxylation is 1. The molecule has 0 bridgehead atoms. The lowest BCUT2D eigenvalue weighted by molar-refractivity contribution is -0.132. The first-order valence-electron chi connectivity index (χ1n) is 9.77. The standard InChI is InChI=1S/C21H27FN4O/c1-14-8-18-19(23-10-14)4-3-5-20(18)24-17-6-7-25(12-17)13-21(27)26-11-16(22)9-15(26)2/h3-5,8,10,15-17,24H,6-7,9,11-13H2,1-2H3/t15-,16+,17-/m1/s1. The second kappa shape index (κ2) is 7.43. The quantitative estimate of drug-likeness (QED) is 0.899. The van der Waals surface area contributed by atoms with Crippen LogP contribution in [0, 0.1) is 6.92 Å². The van der Waals surface area contributed by atoms with Gasteiger partial charge in [0, 0.05) is 48.9 Å². The molecule has 3 atom stereocenters. The van der Waals surface area contributed by atoms with E-state index in [0.29, 0.717) is 19.0 Å². The van der Waals surface area contributed by atoms with E-state index in [-0.39, 0.29) is 18.5 Å². The minimum atomic E-state index is -0.875. The summed E-state index contributed by atoms with van der Waals surface area (Å²) in [5.74, 6) is 0.0493. The maximum atomic E-state index is 13.5. The highest BCUT2D eigenvalue weighted by molar-refractivity contribution is 5.91. The van der Waals surface area contributed by atoms with Crippen LogP contribution in [-0.2, 0) is 4.79 Å². The van der Waals surface area contributed by atoms with Crippen molar-refractivity contribution in [1.82, 2.24) is 14.8 Å². The monoisotopic (exact) mass is 370 g/mol. The Morgan fingerprint density at radius 3 is 3.00 bits per heavy atom. The molecule has 1 amide bonds. The minimum absolute atomic E-state index is 0.00967. The van der Waals surface area contributed by atoms with Gasteiger partial charge in [0.25, 0.3) is 0 Å². The minimum Gasteiger partial charge on any atom is -0.380 e. The molecule has 0 unspecified atom stereocenters. The summed E-state index contributed by atoms with van der Waals surface area (Å²) >= 11 is 0. The number of fused-ring (bicyclic) bond motifs is 1. The van der Waals surface area contributed by atoms with Crippen LogP contribution in [0.5, 0.6) is 0 Å². The number of nitrogens with zero attached hydrogens (tertiary/aromatic N) is 3. The Hall–Kier alpha value is -2.21. The van der Waals surface area contributed by atoms with Crippen LogP contribution in [-0.4, -0.2) is 65.1 Å². The summed E-state index contributed by atoms with van der Waals surface area (Å²) in [7, 11) is 0. The number of nitrogens with one attached hydrogen (secondary N) is 1. The molecular formula is C21H27FN4O. The van der Waals surface area contributed by atoms with E-state index in [2.05, 4.69) is 27.3 Å². The fraction of sp³-hybridized carbons (Fsp3) is 0.524. The SMILES string of the molecule is Cc1cnc2cccc(N[C@@H]3CCN(CC(=O)N4C[C@@H](F)C[C@H]4C)C3)c2c1. The Morgan fingerprint density at radius 2 is 2.22 bits per heavy atom. The second-order valence-electron chi connectivity index (χ2n) is 7.98. The van der Waals surface area contributed by atoms with E-state index in [9.17, 15) is 9.18 Å². The highest BCUT2D eigenvalue weighted by atomic mass is 19.1. The summed E-state index contributed by atoms with van der Waals surface area (Å²) in [6, 6.07) is 8.60. The number of halogens is 1. The average molecular weight is 370 g/mol. The molecular weight excluding hydrogens is 343 g/mol. The number of aromatic nitrogens is 1. The first kappa shape index (κ1) is 18.2. The highest BCUT2D eigenvalue weighted by Gasteiger charge is 2.34. The lowest BCUT2D eigenvalue weighted by atomic mass is 10.1. The number of amides is 1. The third-order valence-corrected chi connectivity index (χ3v) is 5.70. The number of carbonyl (C=O) groups is 1. The molecule has 2 saturated heterocycles. The molecule has 2 aliphatic rings. The summed E-state index contributed by atoms with van der Waals surface area (Å²) in [5, 5.41) is 4.76. The molecule has 0 spiro atoms. The number of benzene rings is 1. The maximum Gasteiger partial charge on any atom is 0.237 e. The number of anilines is 1. The molecule has 5 nitrogen and oxygen atoms in total. The van der Waals surface area contributed by atoms with Crippen LogP contribution in [0.3, 0.4) is 0 Å². The first-order valence-corrected chi connectivity index (χ1v) is 9.77. The molecule has 2 aliphatic heterocycles. The molecule has 0 aliphatic carbocycles. The number of likely N-dealkylation sites (tertiary alicyclic amines) is 2. The Labute approximate surface area is 159 Å². The summed E-state index contributed by atoms with van der Waals surface area (Å²) in [6.07, 6.45) is 2.46. The van der Waals surface area contributed by atoms with Gasteiger partial charge in [0.2, 0.25) is 5.91 Å². The van der Waals surface area contributed by atoms with Crippen LogP contribution >= 0.6 is 0 Å². The topological polar surface area (TPSA) is 48.5 Å². The lowest BCUT2D eigenvalue weighted by Crippen LogP contribution is -2.42. The Bertz CT molecular complexity index is 842. The number of hydrogen-bond donors (Lipinski definition) is 1. The van der Waals surface area contributed by atoms with Crippen LogP contribution in [0.15, 0.2) is 30.5 Å². The predicted molar refractivity (Wildman–Crippen MR) is 106 cm³/mol. The van der Waals surface area contributed by atoms with Crippen molar-refractivity contribution in [1.29, 1.82) is 0 Å². The molecule has 1 N–H and O–H groups in total. The van der Waals surface area contributed by atoms with Crippen molar-refractivity contribution in [3.8, 4) is 0 Å². The van der Waals surface area contributed by atoms with Gasteiger partial charge in [0.15, 0.2) is 0 Å². The Kier molecular flexibility index (Phi) is 5.00. The number of carbonyl (C=O) groups excluding carboxylic acids is 1. The summed E-state index contributed by atoms with van der Waals surface area (Å²) in [4.78, 5) is 20.9. The summed E-state index contributed by atoms with van der Waals surface area (Å²) < 4.78 is 13.5. The van der Waals surface area contributed by atoms with Gasteiger partial charge in [-0.2, -0.15) is 0 Å². The zero-order valence-corrected chi connectivity index (χ0v) is 16.0. The number of rotatable bonds is 4. The molecule has 27 heavy (non-hydrogen) atoms. The van der Waals surface area contributed by atoms with Crippen molar-refractivity contribution in [2.75, 3.05) is 31.5 Å². The molecule has 144 valence electrons. The van der Waals surface area contributed by atoms with Gasteiger partial charge in [-0.25, -0.2) is 4.39 Å². The van der Waals surface area contributed by atoms with Crippen molar-refractivity contribution in [3.05, 3.63) is 36.0 Å². The summed E-state index contributed by atoms with van der Waals surface area (Å²) in [5.41, 5.74) is 3.22. The van der Waals surface area contributed by atoms with Gasteiger partial charge in [0.1, 0.15) is 6.17 Å². The van der Waals surface area contributed by atoms with Crippen LogP contribution < -0.4 is 5.32 Å². The zero-order valence-electron chi connectivity index (χ0n) is 16.0. The van der Waals surface area contributed by atoms with Gasteiger partial charge in [-0.15, -0.1) is 0 Å². The van der Waals surface area contributed by atoms with E-state index in [0.717, 1.165) is 41.7 Å². The molecule has 2 fully saturated rings. The molecule has 0 saturated carbocycles. The van der Waals surface area contributed by atoms with E-state index in [4.69, 9.17) is 0 Å². The summed E-state index contributed by atoms with van der Waals surface area (Å²) in [6.45, 7) is 6.31. The van der Waals surface area contributed by atoms with Crippen LogP contribution in [0.4, 0.5) is 10.1 Å². The third kappa shape index (κ3) is 3.90. The number of hydrogen-bond acceptors (Lipinski definition) is 4. The Balaban J connectivity index is 1.38. The molecule has 3 heterocycles. The largest absolute Gasteiger partial charge is 0.380 e. The van der Waals surface area contributed by atoms with Crippen molar-refractivity contribution in [2.24, 2.45) is 0 Å². The van der Waals surface area contributed by atoms with Crippen molar-refractivity contribution < 1.29 is 9.18 Å². The van der Waals surface area contributed by atoms with E-state index in [1.54, 1.807) is 4.90 Å².